The summed E-state index contributed by atoms with van der Waals surface area (Å²) in [6, 6.07) is 17.0. The Morgan fingerprint density at radius 2 is 1.33 bits per heavy atom. The minimum atomic E-state index is -0.440. The summed E-state index contributed by atoms with van der Waals surface area (Å²) in [6.07, 6.45) is 0. The Morgan fingerprint density at radius 3 is 1.83 bits per heavy atom. The molecule has 0 heterocycles. The smallest absolute Gasteiger partial charge is 0.0796 e. The van der Waals surface area contributed by atoms with E-state index in [4.69, 9.17) is 0 Å². The number of aryl methyl sites for hydroxylation is 1. The third-order valence-corrected chi connectivity index (χ3v) is 9.02. The van der Waals surface area contributed by atoms with Crippen LogP contribution in [-0.2, 0) is 0 Å². The van der Waals surface area contributed by atoms with Crippen molar-refractivity contribution in [2.24, 2.45) is 0 Å². The molecule has 0 fully saturated rings. The number of thiol groups is 1. The number of benzene rings is 2. The molecule has 0 N–H and O–H groups in total. The molecule has 1 atom stereocenters. The molecule has 0 bridgehead atoms. The van der Waals surface area contributed by atoms with Gasteiger partial charge in [-0.25, -0.2) is 0 Å². The van der Waals surface area contributed by atoms with E-state index in [0.29, 0.717) is 0 Å². The average molecular weight is 375 g/mol. The van der Waals surface area contributed by atoms with Crippen LogP contribution in [0.3, 0.4) is 0 Å². The molecule has 94 valence electrons. The summed E-state index contributed by atoms with van der Waals surface area (Å²) in [5.74, 6) is 0. The topological polar surface area (TPSA) is 0 Å². The maximum absolute atomic E-state index is 4.68. The molecule has 0 aliphatic rings. The molecule has 0 radical (unpaired) electrons. The highest BCUT2D eigenvalue weighted by molar-refractivity contribution is 9.10. The highest BCUT2D eigenvalue weighted by Gasteiger charge is 2.07. The average Bonchev–Trinajstić information content (AvgIpc) is 2.35. The van der Waals surface area contributed by atoms with E-state index in [-0.39, 0.29) is 0 Å². The van der Waals surface area contributed by atoms with Crippen LogP contribution in [0.25, 0.3) is 0 Å². The highest BCUT2D eigenvalue weighted by Crippen LogP contribution is 2.69. The second-order valence-electron chi connectivity index (χ2n) is 3.69. The van der Waals surface area contributed by atoms with Crippen molar-refractivity contribution in [2.45, 2.75) is 16.7 Å². The van der Waals surface area contributed by atoms with Crippen molar-refractivity contribution >= 4 is 56.5 Å². The molecule has 0 saturated heterocycles. The fourth-order valence-electron chi connectivity index (χ4n) is 1.29. The summed E-state index contributed by atoms with van der Waals surface area (Å²) < 4.78 is 1.11. The van der Waals surface area contributed by atoms with Crippen LogP contribution in [0.2, 0.25) is 0 Å². The van der Waals surface area contributed by atoms with Gasteiger partial charge >= 0.3 is 0 Å². The highest BCUT2D eigenvalue weighted by atomic mass is 79.9. The molecule has 5 heteroatoms. The van der Waals surface area contributed by atoms with Crippen molar-refractivity contribution in [3.8, 4) is 0 Å². The molecule has 18 heavy (non-hydrogen) atoms. The Kier molecular flexibility index (Phi) is 5.96. The Labute approximate surface area is 131 Å². The summed E-state index contributed by atoms with van der Waals surface area (Å²) in [6.45, 7) is 2.11. The van der Waals surface area contributed by atoms with E-state index < -0.39 is 5.53 Å². The molecule has 2 rings (SSSR count). The third kappa shape index (κ3) is 4.82. The zero-order valence-corrected chi connectivity index (χ0v) is 14.7. The monoisotopic (exact) mass is 374 g/mol. The zero-order valence-electron chi connectivity index (χ0n) is 9.71. The van der Waals surface area contributed by atoms with E-state index in [1.165, 1.54) is 15.4 Å². The molecule has 0 aliphatic carbocycles. The predicted molar refractivity (Wildman–Crippen MR) is 92.9 cm³/mol. The van der Waals surface area contributed by atoms with Crippen molar-refractivity contribution in [1.82, 2.24) is 0 Å². The lowest BCUT2D eigenvalue weighted by atomic mass is 10.2. The molecule has 0 aliphatic heterocycles. The van der Waals surface area contributed by atoms with Gasteiger partial charge in [-0.1, -0.05) is 56.4 Å². The quantitative estimate of drug-likeness (QED) is 0.461. The second kappa shape index (κ2) is 7.25. The molecular formula is C13H12BrPS3. The molecule has 0 saturated carbocycles. The van der Waals surface area contributed by atoms with Crippen molar-refractivity contribution in [2.75, 3.05) is 0 Å². The molecule has 0 aromatic heterocycles. The zero-order chi connectivity index (χ0) is 13.0. The number of hydrogen-bond acceptors (Lipinski definition) is 3. The first-order valence-electron chi connectivity index (χ1n) is 5.31. The first-order chi connectivity index (χ1) is 8.63. The van der Waals surface area contributed by atoms with Crippen LogP contribution in [-0.4, -0.2) is 0 Å². The van der Waals surface area contributed by atoms with E-state index in [0.717, 1.165) is 4.47 Å². The molecular weight excluding hydrogens is 363 g/mol. The lowest BCUT2D eigenvalue weighted by molar-refractivity contribution is 1.38. The first-order valence-corrected chi connectivity index (χ1v) is 11.4. The molecule has 0 spiro atoms. The van der Waals surface area contributed by atoms with E-state index in [9.17, 15) is 0 Å². The SMILES string of the molecule is Cc1ccc(SP(S)Sc2ccc(Br)cc2)cc1. The van der Waals surface area contributed by atoms with Crippen LogP contribution in [0.1, 0.15) is 5.56 Å². The van der Waals surface area contributed by atoms with Crippen LogP contribution >= 0.6 is 56.5 Å². The molecule has 0 amide bonds. The van der Waals surface area contributed by atoms with Gasteiger partial charge in [0.1, 0.15) is 0 Å². The lowest BCUT2D eigenvalue weighted by Crippen LogP contribution is -1.71. The predicted octanol–water partition coefficient (Wildman–Crippen LogP) is 6.80. The molecule has 2 aromatic carbocycles. The Morgan fingerprint density at radius 1 is 0.889 bits per heavy atom. The lowest BCUT2D eigenvalue weighted by Gasteiger charge is -2.10. The van der Waals surface area contributed by atoms with Gasteiger partial charge in [0, 0.05) is 14.3 Å². The van der Waals surface area contributed by atoms with Gasteiger partial charge in [-0.3, -0.25) is 0 Å². The van der Waals surface area contributed by atoms with Gasteiger partial charge in [0.15, 0.2) is 0 Å². The van der Waals surface area contributed by atoms with Crippen LogP contribution in [0, 0.1) is 6.92 Å². The van der Waals surface area contributed by atoms with E-state index >= 15 is 0 Å². The number of hydrogen-bond donors (Lipinski definition) is 1. The maximum Gasteiger partial charge on any atom is 0.0796 e. The summed E-state index contributed by atoms with van der Waals surface area (Å²) in [4.78, 5) is 2.55. The fraction of sp³-hybridized carbons (Fsp3) is 0.0769. The summed E-state index contributed by atoms with van der Waals surface area (Å²) in [5.41, 5.74) is 0.855. The summed E-state index contributed by atoms with van der Waals surface area (Å²) >= 11 is 11.8. The van der Waals surface area contributed by atoms with E-state index in [2.05, 4.69) is 83.6 Å². The van der Waals surface area contributed by atoms with Crippen molar-refractivity contribution in [3.63, 3.8) is 0 Å². The largest absolute Gasteiger partial charge is 0.129 e. The molecule has 1 unspecified atom stereocenters. The standard InChI is InChI=1S/C13H12BrPS3/c1-10-2-6-12(7-3-10)17-15(16)18-13-8-4-11(14)5-9-13/h2-9,16H,1H3. The minimum absolute atomic E-state index is 0.440. The first kappa shape index (κ1) is 14.8. The van der Waals surface area contributed by atoms with Gasteiger partial charge in [-0.05, 0) is 43.3 Å². The number of halogens is 1. The fourth-order valence-corrected chi connectivity index (χ4v) is 7.98. The van der Waals surface area contributed by atoms with Gasteiger partial charge in [0.25, 0.3) is 0 Å². The summed E-state index contributed by atoms with van der Waals surface area (Å²) in [5, 5.41) is 0. The van der Waals surface area contributed by atoms with Crippen LogP contribution in [0.15, 0.2) is 62.8 Å². The van der Waals surface area contributed by atoms with Gasteiger partial charge in [0.05, 0.1) is 5.53 Å². The second-order valence-corrected chi connectivity index (χ2v) is 13.2. The Bertz CT molecular complexity index is 451. The molecule has 2 aromatic rings. The Hall–Kier alpha value is 0.400. The summed E-state index contributed by atoms with van der Waals surface area (Å²) in [7, 11) is 0. The normalized spacial score (nSPS) is 12.4. The van der Waals surface area contributed by atoms with Crippen molar-refractivity contribution in [1.29, 1.82) is 0 Å². The molecule has 0 nitrogen and oxygen atoms in total. The minimum Gasteiger partial charge on any atom is -0.129 e. The maximum atomic E-state index is 4.68. The van der Waals surface area contributed by atoms with Crippen LogP contribution in [0.5, 0.6) is 0 Å². The van der Waals surface area contributed by atoms with E-state index in [1.54, 1.807) is 0 Å². The van der Waals surface area contributed by atoms with Gasteiger partial charge in [-0.2, -0.15) is 0 Å². The van der Waals surface area contributed by atoms with Crippen LogP contribution in [0.4, 0.5) is 0 Å². The van der Waals surface area contributed by atoms with Crippen molar-refractivity contribution < 1.29 is 0 Å². The van der Waals surface area contributed by atoms with Gasteiger partial charge in [-0.15, -0.1) is 12.2 Å². The Balaban J connectivity index is 1.94. The van der Waals surface area contributed by atoms with Crippen LogP contribution < -0.4 is 0 Å². The van der Waals surface area contributed by atoms with Gasteiger partial charge in [0.2, 0.25) is 0 Å². The van der Waals surface area contributed by atoms with Gasteiger partial charge < -0.3 is 0 Å². The van der Waals surface area contributed by atoms with E-state index in [1.807, 2.05) is 22.8 Å². The third-order valence-electron chi connectivity index (χ3n) is 2.20. The van der Waals surface area contributed by atoms with Crippen molar-refractivity contribution in [3.05, 3.63) is 58.6 Å². The number of rotatable bonds is 4.